The first-order chi connectivity index (χ1) is 15.1. The van der Waals surface area contributed by atoms with E-state index >= 15 is 0 Å². The number of hydrogen-bond acceptors (Lipinski definition) is 3. The molecule has 0 radical (unpaired) electrons. The summed E-state index contributed by atoms with van der Waals surface area (Å²) >= 11 is 0. The first kappa shape index (κ1) is 21.8. The molecule has 2 fully saturated rings. The Balaban J connectivity index is 1.18. The van der Waals surface area contributed by atoms with Gasteiger partial charge in [-0.3, -0.25) is 4.90 Å². The number of rotatable bonds is 5. The topological polar surface area (TPSA) is 44.8 Å². The Morgan fingerprint density at radius 2 is 1.45 bits per heavy atom. The van der Waals surface area contributed by atoms with E-state index in [1.807, 2.05) is 36.9 Å². The third kappa shape index (κ3) is 5.86. The fraction of sp³-hybridized carbons (Fsp3) is 0.500. The summed E-state index contributed by atoms with van der Waals surface area (Å²) in [6, 6.07) is 16.8. The van der Waals surface area contributed by atoms with Crippen molar-refractivity contribution in [2.75, 3.05) is 31.5 Å². The molecule has 2 aromatic rings. The predicted molar refractivity (Wildman–Crippen MR) is 125 cm³/mol. The molecule has 2 amide bonds. The van der Waals surface area contributed by atoms with Gasteiger partial charge in [0.05, 0.1) is 12.2 Å². The summed E-state index contributed by atoms with van der Waals surface area (Å²) in [5, 5.41) is 3.11. The molecule has 2 aromatic carbocycles. The van der Waals surface area contributed by atoms with Gasteiger partial charge in [-0.25, -0.2) is 4.79 Å². The molecule has 0 aromatic heterocycles. The molecule has 2 heterocycles. The SMILES string of the molecule is Cc1cccc(C)c1NC(=O)N1CCC(OC2CCN(Cc3ccccc3)CC2)CC1. The molecule has 0 unspecified atom stereocenters. The third-order valence-electron chi connectivity index (χ3n) is 6.61. The third-order valence-corrected chi connectivity index (χ3v) is 6.61. The average molecular weight is 422 g/mol. The van der Waals surface area contributed by atoms with Gasteiger partial charge in [-0.1, -0.05) is 48.5 Å². The first-order valence-corrected chi connectivity index (χ1v) is 11.6. The maximum atomic E-state index is 12.7. The molecule has 2 saturated heterocycles. The molecular formula is C26H35N3O2. The fourth-order valence-electron chi connectivity index (χ4n) is 4.71. The van der Waals surface area contributed by atoms with E-state index in [0.29, 0.717) is 6.10 Å². The molecule has 166 valence electrons. The molecule has 0 atom stereocenters. The number of anilines is 1. The fourth-order valence-corrected chi connectivity index (χ4v) is 4.71. The summed E-state index contributed by atoms with van der Waals surface area (Å²) < 4.78 is 6.43. The molecule has 1 N–H and O–H groups in total. The number of nitrogens with zero attached hydrogens (tertiary/aromatic N) is 2. The summed E-state index contributed by atoms with van der Waals surface area (Å²) in [6.07, 6.45) is 4.66. The highest BCUT2D eigenvalue weighted by Crippen LogP contribution is 2.24. The highest BCUT2D eigenvalue weighted by atomic mass is 16.5. The van der Waals surface area contributed by atoms with Crippen molar-refractivity contribution in [2.24, 2.45) is 0 Å². The van der Waals surface area contributed by atoms with Crippen molar-refractivity contribution in [1.82, 2.24) is 9.80 Å². The van der Waals surface area contributed by atoms with Crippen LogP contribution in [0.5, 0.6) is 0 Å². The number of urea groups is 1. The lowest BCUT2D eigenvalue weighted by atomic mass is 10.0. The monoisotopic (exact) mass is 421 g/mol. The summed E-state index contributed by atoms with van der Waals surface area (Å²) in [7, 11) is 0. The van der Waals surface area contributed by atoms with Crippen molar-refractivity contribution in [1.29, 1.82) is 0 Å². The van der Waals surface area contributed by atoms with Gasteiger partial charge in [-0.05, 0) is 56.2 Å². The zero-order valence-corrected chi connectivity index (χ0v) is 18.8. The van der Waals surface area contributed by atoms with Crippen LogP contribution in [-0.4, -0.2) is 54.2 Å². The minimum Gasteiger partial charge on any atom is -0.375 e. The lowest BCUT2D eigenvalue weighted by molar-refractivity contribution is -0.0616. The van der Waals surface area contributed by atoms with Crippen LogP contribution < -0.4 is 5.32 Å². The molecular weight excluding hydrogens is 386 g/mol. The molecule has 5 nitrogen and oxygen atoms in total. The van der Waals surface area contributed by atoms with E-state index in [1.165, 1.54) is 5.56 Å². The lowest BCUT2D eigenvalue weighted by Crippen LogP contribution is -2.45. The van der Waals surface area contributed by atoms with E-state index in [9.17, 15) is 4.79 Å². The number of carbonyl (C=O) groups is 1. The molecule has 2 aliphatic rings. The minimum absolute atomic E-state index is 0.00469. The second-order valence-electron chi connectivity index (χ2n) is 8.98. The van der Waals surface area contributed by atoms with E-state index in [2.05, 4.69) is 40.5 Å². The zero-order valence-electron chi connectivity index (χ0n) is 18.8. The lowest BCUT2D eigenvalue weighted by Gasteiger charge is -2.37. The summed E-state index contributed by atoms with van der Waals surface area (Å²) in [5.74, 6) is 0. The minimum atomic E-state index is 0.00469. The van der Waals surface area contributed by atoms with Crippen LogP contribution in [0.2, 0.25) is 0 Å². The molecule has 2 aliphatic heterocycles. The van der Waals surface area contributed by atoms with Crippen molar-refractivity contribution in [3.8, 4) is 0 Å². The van der Waals surface area contributed by atoms with E-state index in [1.54, 1.807) is 0 Å². The Morgan fingerprint density at radius 1 is 0.871 bits per heavy atom. The van der Waals surface area contributed by atoms with E-state index in [-0.39, 0.29) is 12.1 Å². The van der Waals surface area contributed by atoms with Gasteiger partial charge in [-0.2, -0.15) is 0 Å². The van der Waals surface area contributed by atoms with Crippen LogP contribution in [0.3, 0.4) is 0 Å². The van der Waals surface area contributed by atoms with Gasteiger partial charge in [0.1, 0.15) is 0 Å². The summed E-state index contributed by atoms with van der Waals surface area (Å²) in [5.41, 5.74) is 4.52. The number of piperidine rings is 2. The number of ether oxygens (including phenoxy) is 1. The Morgan fingerprint density at radius 3 is 2.06 bits per heavy atom. The Hall–Kier alpha value is -2.37. The second-order valence-corrected chi connectivity index (χ2v) is 8.98. The molecule has 4 rings (SSSR count). The number of para-hydroxylation sites is 1. The molecule has 0 spiro atoms. The van der Waals surface area contributed by atoms with Gasteiger partial charge in [0, 0.05) is 38.4 Å². The van der Waals surface area contributed by atoms with Gasteiger partial charge in [-0.15, -0.1) is 0 Å². The first-order valence-electron chi connectivity index (χ1n) is 11.6. The van der Waals surface area contributed by atoms with Crippen LogP contribution in [0.4, 0.5) is 10.5 Å². The van der Waals surface area contributed by atoms with Crippen LogP contribution in [0.15, 0.2) is 48.5 Å². The van der Waals surface area contributed by atoms with E-state index < -0.39 is 0 Å². The maximum absolute atomic E-state index is 12.7. The Labute approximate surface area is 186 Å². The highest BCUT2D eigenvalue weighted by Gasteiger charge is 2.27. The molecule has 0 saturated carbocycles. The Bertz CT molecular complexity index is 834. The smallest absolute Gasteiger partial charge is 0.321 e. The van der Waals surface area contributed by atoms with Crippen molar-refractivity contribution < 1.29 is 9.53 Å². The van der Waals surface area contributed by atoms with Crippen molar-refractivity contribution in [3.05, 3.63) is 65.2 Å². The largest absolute Gasteiger partial charge is 0.375 e. The number of aryl methyl sites for hydroxylation is 2. The van der Waals surface area contributed by atoms with Crippen LogP contribution in [-0.2, 0) is 11.3 Å². The number of hydrogen-bond donors (Lipinski definition) is 1. The van der Waals surface area contributed by atoms with Crippen LogP contribution in [0, 0.1) is 13.8 Å². The van der Waals surface area contributed by atoms with E-state index in [0.717, 1.165) is 75.2 Å². The van der Waals surface area contributed by atoms with Crippen LogP contribution in [0.1, 0.15) is 42.4 Å². The molecule has 31 heavy (non-hydrogen) atoms. The Kier molecular flexibility index (Phi) is 7.25. The quantitative estimate of drug-likeness (QED) is 0.740. The van der Waals surface area contributed by atoms with Crippen LogP contribution in [0.25, 0.3) is 0 Å². The maximum Gasteiger partial charge on any atom is 0.321 e. The number of likely N-dealkylation sites (tertiary alicyclic amines) is 2. The molecule has 0 aliphatic carbocycles. The standard InChI is InChI=1S/C26H35N3O2/c1-20-7-6-8-21(2)25(20)27-26(30)29-17-13-24(14-18-29)31-23-11-15-28(16-12-23)19-22-9-4-3-5-10-22/h3-10,23-24H,11-19H2,1-2H3,(H,27,30). The van der Waals surface area contributed by atoms with Crippen molar-refractivity contribution >= 4 is 11.7 Å². The van der Waals surface area contributed by atoms with Crippen LogP contribution >= 0.6 is 0 Å². The normalized spacial score (nSPS) is 18.8. The summed E-state index contributed by atoms with van der Waals surface area (Å²) in [6.45, 7) is 8.80. The van der Waals surface area contributed by atoms with Gasteiger partial charge in [0.25, 0.3) is 0 Å². The van der Waals surface area contributed by atoms with Gasteiger partial charge < -0.3 is 15.0 Å². The number of carbonyl (C=O) groups excluding carboxylic acids is 1. The number of nitrogens with one attached hydrogen (secondary N) is 1. The van der Waals surface area contributed by atoms with Crippen molar-refractivity contribution in [2.45, 2.75) is 58.3 Å². The predicted octanol–water partition coefficient (Wildman–Crippen LogP) is 4.98. The van der Waals surface area contributed by atoms with E-state index in [4.69, 9.17) is 4.74 Å². The molecule has 0 bridgehead atoms. The highest BCUT2D eigenvalue weighted by molar-refractivity contribution is 5.91. The van der Waals surface area contributed by atoms with Gasteiger partial charge in [0.15, 0.2) is 0 Å². The zero-order chi connectivity index (χ0) is 21.6. The second kappa shape index (κ2) is 10.3. The van der Waals surface area contributed by atoms with Gasteiger partial charge in [0.2, 0.25) is 0 Å². The van der Waals surface area contributed by atoms with Crippen molar-refractivity contribution in [3.63, 3.8) is 0 Å². The average Bonchev–Trinajstić information content (AvgIpc) is 2.79. The molecule has 5 heteroatoms. The van der Waals surface area contributed by atoms with Gasteiger partial charge >= 0.3 is 6.03 Å². The summed E-state index contributed by atoms with van der Waals surface area (Å²) in [4.78, 5) is 17.2. The number of benzene rings is 2. The number of amides is 2.